The fourth-order valence-corrected chi connectivity index (χ4v) is 4.46. The molecule has 0 saturated carbocycles. The predicted octanol–water partition coefficient (Wildman–Crippen LogP) is 2.02. The lowest BCUT2D eigenvalue weighted by molar-refractivity contribution is -0.187. The van der Waals surface area contributed by atoms with Crippen LogP contribution in [-0.4, -0.2) is 80.0 Å². The van der Waals surface area contributed by atoms with Gasteiger partial charge in [0.2, 0.25) is 6.35 Å². The van der Waals surface area contributed by atoms with E-state index >= 15 is 0 Å². The van der Waals surface area contributed by atoms with Gasteiger partial charge in [0.1, 0.15) is 17.9 Å². The molecule has 3 aromatic rings. The third-order valence-electron chi connectivity index (χ3n) is 6.33. The minimum Gasteiger partial charge on any atom is -0.497 e. The number of aliphatic hydroxyl groups excluding tert-OH is 1. The summed E-state index contributed by atoms with van der Waals surface area (Å²) in [6.45, 7) is 1.46. The van der Waals surface area contributed by atoms with Crippen molar-refractivity contribution in [1.82, 2.24) is 29.5 Å². The van der Waals surface area contributed by atoms with E-state index in [2.05, 4.69) is 15.1 Å². The first-order valence-electron chi connectivity index (χ1n) is 11.3. The number of ether oxygens (including phenoxy) is 1. The number of nitrogens with zero attached hydrogens (tertiary/aromatic N) is 7. The van der Waals surface area contributed by atoms with Crippen molar-refractivity contribution in [2.75, 3.05) is 38.2 Å². The van der Waals surface area contributed by atoms with Crippen molar-refractivity contribution in [2.45, 2.75) is 25.6 Å². The molecule has 0 bridgehead atoms. The molecule has 13 heteroatoms. The van der Waals surface area contributed by atoms with Gasteiger partial charge in [0.05, 0.1) is 12.7 Å². The molecule has 0 spiro atoms. The number of aliphatic hydroxyl groups is 1. The standard InChI is InChI=1S/C23H24F3N7O3/c1-36-17-4-2-15(3-5-17)13-32-19-18(20-28-14-29-33(20)22(32)35)10-16(11-27-19)12-30-6-8-31(9-7-30)21(34)23(24,25)26/h2-5,10-11,14,22,35H,6-9,12-13H2,1H3. The number of piperazine rings is 1. The van der Waals surface area contributed by atoms with Crippen LogP contribution in [0, 0.1) is 0 Å². The van der Waals surface area contributed by atoms with Crippen molar-refractivity contribution in [1.29, 1.82) is 0 Å². The number of alkyl halides is 3. The van der Waals surface area contributed by atoms with E-state index in [1.165, 1.54) is 11.0 Å². The van der Waals surface area contributed by atoms with Crippen LogP contribution >= 0.6 is 0 Å². The summed E-state index contributed by atoms with van der Waals surface area (Å²) >= 11 is 0. The highest BCUT2D eigenvalue weighted by atomic mass is 19.4. The van der Waals surface area contributed by atoms with E-state index < -0.39 is 18.4 Å². The maximum Gasteiger partial charge on any atom is 0.471 e. The molecule has 5 rings (SSSR count). The minimum atomic E-state index is -4.86. The summed E-state index contributed by atoms with van der Waals surface area (Å²) in [6, 6.07) is 9.39. The Balaban J connectivity index is 1.34. The molecule has 1 atom stereocenters. The second kappa shape index (κ2) is 9.39. The molecule has 4 heterocycles. The molecule has 0 aliphatic carbocycles. The van der Waals surface area contributed by atoms with Crippen LogP contribution in [0.4, 0.5) is 19.0 Å². The molecule has 1 aromatic carbocycles. The molecule has 2 aliphatic heterocycles. The first kappa shape index (κ1) is 24.0. The Kier molecular flexibility index (Phi) is 6.26. The van der Waals surface area contributed by atoms with Crippen molar-refractivity contribution >= 4 is 11.7 Å². The van der Waals surface area contributed by atoms with Gasteiger partial charge in [0, 0.05) is 45.5 Å². The summed E-state index contributed by atoms with van der Waals surface area (Å²) < 4.78 is 44.8. The zero-order chi connectivity index (χ0) is 25.4. The van der Waals surface area contributed by atoms with Crippen LogP contribution in [0.2, 0.25) is 0 Å². The molecular formula is C23H24F3N7O3. The smallest absolute Gasteiger partial charge is 0.471 e. The highest BCUT2D eigenvalue weighted by molar-refractivity contribution is 5.82. The number of rotatable bonds is 5. The van der Waals surface area contributed by atoms with Gasteiger partial charge in [-0.1, -0.05) is 12.1 Å². The number of anilines is 1. The predicted molar refractivity (Wildman–Crippen MR) is 122 cm³/mol. The van der Waals surface area contributed by atoms with Gasteiger partial charge in [-0.15, -0.1) is 0 Å². The van der Waals surface area contributed by atoms with Gasteiger partial charge in [-0.25, -0.2) is 9.97 Å². The molecule has 1 unspecified atom stereocenters. The van der Waals surface area contributed by atoms with E-state index in [0.29, 0.717) is 43.4 Å². The average molecular weight is 503 g/mol. The number of benzene rings is 1. The Labute approximate surface area is 204 Å². The van der Waals surface area contributed by atoms with E-state index in [0.717, 1.165) is 21.8 Å². The molecule has 2 aliphatic rings. The van der Waals surface area contributed by atoms with Gasteiger partial charge in [-0.2, -0.15) is 23.0 Å². The third-order valence-corrected chi connectivity index (χ3v) is 6.33. The Hall–Kier alpha value is -3.71. The van der Waals surface area contributed by atoms with Crippen molar-refractivity contribution in [3.8, 4) is 17.1 Å². The Morgan fingerprint density at radius 2 is 1.81 bits per heavy atom. The third kappa shape index (κ3) is 4.58. The number of pyridine rings is 1. The summed E-state index contributed by atoms with van der Waals surface area (Å²) in [6.07, 6.45) is -2.91. The van der Waals surface area contributed by atoms with Crippen LogP contribution in [-0.2, 0) is 17.9 Å². The van der Waals surface area contributed by atoms with Crippen LogP contribution in [0.25, 0.3) is 11.4 Å². The van der Waals surface area contributed by atoms with Gasteiger partial charge < -0.3 is 19.6 Å². The van der Waals surface area contributed by atoms with Gasteiger partial charge >= 0.3 is 12.1 Å². The molecular weight excluding hydrogens is 479 g/mol. The normalized spacial score (nSPS) is 18.1. The fourth-order valence-electron chi connectivity index (χ4n) is 4.46. The molecule has 1 fully saturated rings. The topological polar surface area (TPSA) is 99.9 Å². The Morgan fingerprint density at radius 1 is 1.08 bits per heavy atom. The zero-order valence-electron chi connectivity index (χ0n) is 19.4. The Bertz CT molecular complexity index is 1240. The number of amides is 1. The van der Waals surface area contributed by atoms with Gasteiger partial charge in [-0.05, 0) is 29.3 Å². The molecule has 10 nitrogen and oxygen atoms in total. The molecule has 190 valence electrons. The largest absolute Gasteiger partial charge is 0.497 e. The number of fused-ring (bicyclic) bond motifs is 3. The number of methoxy groups -OCH3 is 1. The number of aromatic nitrogens is 4. The number of hydrogen-bond acceptors (Lipinski definition) is 8. The second-order valence-electron chi connectivity index (χ2n) is 8.63. The van der Waals surface area contributed by atoms with Gasteiger partial charge in [-0.3, -0.25) is 9.69 Å². The van der Waals surface area contributed by atoms with Crippen LogP contribution in [0.1, 0.15) is 17.5 Å². The lowest BCUT2D eigenvalue weighted by Gasteiger charge is -2.36. The highest BCUT2D eigenvalue weighted by Gasteiger charge is 2.43. The zero-order valence-corrected chi connectivity index (χ0v) is 19.4. The van der Waals surface area contributed by atoms with Gasteiger partial charge in [0.25, 0.3) is 0 Å². The first-order chi connectivity index (χ1) is 17.2. The van der Waals surface area contributed by atoms with E-state index in [1.807, 2.05) is 35.2 Å². The van der Waals surface area contributed by atoms with Crippen LogP contribution in [0.5, 0.6) is 5.75 Å². The number of halogens is 3. The van der Waals surface area contributed by atoms with Crippen LogP contribution in [0.15, 0.2) is 42.9 Å². The van der Waals surface area contributed by atoms with Crippen molar-refractivity contribution < 1.29 is 27.8 Å². The lowest BCUT2D eigenvalue weighted by atomic mass is 10.1. The quantitative estimate of drug-likeness (QED) is 0.565. The van der Waals surface area contributed by atoms with Crippen LogP contribution in [0.3, 0.4) is 0 Å². The molecule has 0 radical (unpaired) electrons. The molecule has 1 amide bonds. The van der Waals surface area contributed by atoms with E-state index in [-0.39, 0.29) is 13.1 Å². The van der Waals surface area contributed by atoms with Crippen molar-refractivity contribution in [2.24, 2.45) is 0 Å². The maximum atomic E-state index is 12.7. The van der Waals surface area contributed by atoms with Crippen molar-refractivity contribution in [3.05, 3.63) is 54.0 Å². The Morgan fingerprint density at radius 3 is 2.47 bits per heavy atom. The van der Waals surface area contributed by atoms with E-state index in [9.17, 15) is 23.1 Å². The van der Waals surface area contributed by atoms with Crippen LogP contribution < -0.4 is 9.64 Å². The second-order valence-corrected chi connectivity index (χ2v) is 8.63. The minimum absolute atomic E-state index is 0.00682. The van der Waals surface area contributed by atoms with E-state index in [4.69, 9.17) is 4.74 Å². The molecule has 1 N–H and O–H groups in total. The van der Waals surface area contributed by atoms with Gasteiger partial charge in [0.15, 0.2) is 5.82 Å². The average Bonchev–Trinajstić information content (AvgIpc) is 3.37. The summed E-state index contributed by atoms with van der Waals surface area (Å²) in [7, 11) is 1.59. The molecule has 36 heavy (non-hydrogen) atoms. The highest BCUT2D eigenvalue weighted by Crippen LogP contribution is 2.38. The summed E-state index contributed by atoms with van der Waals surface area (Å²) in [5.41, 5.74) is 2.45. The number of hydrogen-bond donors (Lipinski definition) is 1. The van der Waals surface area contributed by atoms with Crippen molar-refractivity contribution in [3.63, 3.8) is 0 Å². The van der Waals surface area contributed by atoms with E-state index in [1.54, 1.807) is 18.2 Å². The summed E-state index contributed by atoms with van der Waals surface area (Å²) in [4.78, 5) is 24.9. The first-order valence-corrected chi connectivity index (χ1v) is 11.3. The lowest BCUT2D eigenvalue weighted by Crippen LogP contribution is -2.52. The summed E-state index contributed by atoms with van der Waals surface area (Å²) in [5, 5.41) is 15.1. The number of carbonyl (C=O) groups excluding carboxylic acids is 1. The number of carbonyl (C=O) groups is 1. The SMILES string of the molecule is COc1ccc(CN2c3ncc(CN4CCN(C(=O)C(F)(F)F)CC4)cc3-c3ncnn3C2O)cc1. The molecule has 1 saturated heterocycles. The fraction of sp³-hybridized carbons (Fsp3) is 0.391. The maximum absolute atomic E-state index is 12.7. The monoisotopic (exact) mass is 503 g/mol. The molecule has 2 aromatic heterocycles. The summed E-state index contributed by atoms with van der Waals surface area (Å²) in [5.74, 6) is -0.0580.